The number of benzene rings is 2. The quantitative estimate of drug-likeness (QED) is 0.510. The predicted molar refractivity (Wildman–Crippen MR) is 111 cm³/mol. The lowest BCUT2D eigenvalue weighted by atomic mass is 10.1. The molecule has 0 saturated carbocycles. The first-order valence-electron chi connectivity index (χ1n) is 8.40. The van der Waals surface area contributed by atoms with E-state index in [0.717, 1.165) is 0 Å². The van der Waals surface area contributed by atoms with Crippen LogP contribution in [0, 0.1) is 0 Å². The van der Waals surface area contributed by atoms with Gasteiger partial charge in [-0.05, 0) is 24.3 Å². The lowest BCUT2D eigenvalue weighted by Crippen LogP contribution is -2.19. The topological polar surface area (TPSA) is 128 Å². The molecule has 1 aliphatic heterocycles. The molecular weight excluding hydrogens is 414 g/mol. The van der Waals surface area contributed by atoms with E-state index < -0.39 is 0 Å². The Morgan fingerprint density at radius 3 is 2.76 bits per heavy atom. The average Bonchev–Trinajstić information content (AvgIpc) is 3.35. The minimum Gasteiger partial charge on any atom is -0.454 e. The van der Waals surface area contributed by atoms with Crippen LogP contribution in [0.5, 0.6) is 11.5 Å². The van der Waals surface area contributed by atoms with Crippen LogP contribution in [0.2, 0.25) is 0 Å². The molecule has 1 aromatic heterocycles. The fraction of sp³-hybridized carbons (Fsp3) is 0.111. The normalized spacial score (nSPS) is 11.9. The van der Waals surface area contributed by atoms with Gasteiger partial charge < -0.3 is 25.8 Å². The molecule has 3 aromatic rings. The van der Waals surface area contributed by atoms with Crippen LogP contribution in [-0.4, -0.2) is 34.6 Å². The number of carbonyl (C=O) groups excluding carboxylic acids is 2. The molecule has 0 unspecified atom stereocenters. The van der Waals surface area contributed by atoms with Crippen molar-refractivity contribution in [2.75, 3.05) is 28.9 Å². The third-order valence-electron chi connectivity index (χ3n) is 3.83. The van der Waals surface area contributed by atoms with Crippen molar-refractivity contribution >= 4 is 51.4 Å². The number of aromatic nitrogens is 2. The third-order valence-corrected chi connectivity index (χ3v) is 5.71. The van der Waals surface area contributed by atoms with Crippen molar-refractivity contribution < 1.29 is 19.1 Å². The number of hydrogen-bond acceptors (Lipinski definition) is 9. The molecule has 4 N–H and O–H groups in total. The second-order valence-corrected chi connectivity index (χ2v) is 8.04. The molecule has 0 radical (unpaired) electrons. The Hall–Kier alpha value is -3.31. The molecular formula is C18H15N5O4S2. The van der Waals surface area contributed by atoms with Crippen molar-refractivity contribution in [3.8, 4) is 11.5 Å². The molecule has 0 bridgehead atoms. The molecule has 1 aliphatic rings. The molecule has 148 valence electrons. The number of thioether (sulfide) groups is 1. The molecule has 29 heavy (non-hydrogen) atoms. The molecule has 0 saturated heterocycles. The van der Waals surface area contributed by atoms with Crippen LogP contribution in [0.3, 0.4) is 0 Å². The summed E-state index contributed by atoms with van der Waals surface area (Å²) in [6.07, 6.45) is 0. The summed E-state index contributed by atoms with van der Waals surface area (Å²) in [4.78, 5) is 25.0. The van der Waals surface area contributed by atoms with Crippen molar-refractivity contribution in [1.29, 1.82) is 0 Å². The number of nitrogens with two attached hydrogens (primary N) is 1. The second kappa shape index (κ2) is 8.37. The van der Waals surface area contributed by atoms with Crippen LogP contribution in [0.4, 0.5) is 16.5 Å². The van der Waals surface area contributed by atoms with Gasteiger partial charge in [0, 0.05) is 11.8 Å². The van der Waals surface area contributed by atoms with Crippen molar-refractivity contribution in [1.82, 2.24) is 10.2 Å². The average molecular weight is 429 g/mol. The highest BCUT2D eigenvalue weighted by molar-refractivity contribution is 8.01. The fourth-order valence-corrected chi connectivity index (χ4v) is 3.99. The zero-order chi connectivity index (χ0) is 20.2. The molecule has 2 amide bonds. The van der Waals surface area contributed by atoms with Gasteiger partial charge in [0.05, 0.1) is 17.0 Å². The number of ether oxygens (including phenoxy) is 2. The Balaban J connectivity index is 1.41. The Morgan fingerprint density at radius 1 is 1.10 bits per heavy atom. The Labute approximate surface area is 173 Å². The number of para-hydroxylation sites is 1. The van der Waals surface area contributed by atoms with Gasteiger partial charge in [0.1, 0.15) is 0 Å². The van der Waals surface area contributed by atoms with E-state index in [-0.39, 0.29) is 24.4 Å². The fourth-order valence-electron chi connectivity index (χ4n) is 2.56. The smallest absolute Gasteiger partial charge is 0.257 e. The number of rotatable bonds is 6. The van der Waals surface area contributed by atoms with Gasteiger partial charge in [0.25, 0.3) is 5.91 Å². The third kappa shape index (κ3) is 4.58. The van der Waals surface area contributed by atoms with Crippen LogP contribution in [0.1, 0.15) is 10.4 Å². The highest BCUT2D eigenvalue weighted by Gasteiger charge is 2.17. The van der Waals surface area contributed by atoms with Crippen molar-refractivity contribution in [2.45, 2.75) is 4.34 Å². The maximum Gasteiger partial charge on any atom is 0.257 e. The first-order chi connectivity index (χ1) is 14.1. The number of anilines is 3. The zero-order valence-corrected chi connectivity index (χ0v) is 16.5. The highest BCUT2D eigenvalue weighted by atomic mass is 32.2. The van der Waals surface area contributed by atoms with Crippen LogP contribution in [0.25, 0.3) is 0 Å². The van der Waals surface area contributed by atoms with Gasteiger partial charge in [-0.15, -0.1) is 10.2 Å². The van der Waals surface area contributed by atoms with Gasteiger partial charge in [-0.25, -0.2) is 0 Å². The van der Waals surface area contributed by atoms with Gasteiger partial charge >= 0.3 is 0 Å². The largest absolute Gasteiger partial charge is 0.454 e. The van der Waals surface area contributed by atoms with E-state index in [2.05, 4.69) is 20.8 Å². The molecule has 9 nitrogen and oxygen atoms in total. The molecule has 0 fully saturated rings. The molecule has 11 heteroatoms. The van der Waals surface area contributed by atoms with E-state index in [1.165, 1.54) is 23.1 Å². The van der Waals surface area contributed by atoms with E-state index in [4.69, 9.17) is 15.2 Å². The maximum atomic E-state index is 12.7. The van der Waals surface area contributed by atoms with E-state index in [9.17, 15) is 9.59 Å². The number of nitrogen functional groups attached to an aromatic ring is 1. The van der Waals surface area contributed by atoms with Gasteiger partial charge in [0.15, 0.2) is 15.8 Å². The molecule has 2 aromatic carbocycles. The number of fused-ring (bicyclic) bond motifs is 1. The van der Waals surface area contributed by atoms with Gasteiger partial charge in [0.2, 0.25) is 17.8 Å². The summed E-state index contributed by atoms with van der Waals surface area (Å²) >= 11 is 2.43. The van der Waals surface area contributed by atoms with E-state index in [1.807, 2.05) is 0 Å². The number of amides is 2. The number of nitrogens with one attached hydrogen (secondary N) is 2. The lowest BCUT2D eigenvalue weighted by Gasteiger charge is -2.11. The standard InChI is InChI=1S/C18H15N5O4S2/c19-17-22-23-18(29-17)28-8-15(24)21-12-4-2-1-3-11(12)16(25)20-10-5-6-13-14(7-10)27-9-26-13/h1-7H,8-9H2,(H2,19,22)(H,20,25)(H,21,24). The Kier molecular flexibility index (Phi) is 5.49. The second-order valence-electron chi connectivity index (χ2n) is 5.81. The highest BCUT2D eigenvalue weighted by Crippen LogP contribution is 2.34. The van der Waals surface area contributed by atoms with Crippen LogP contribution in [-0.2, 0) is 4.79 Å². The van der Waals surface area contributed by atoms with Crippen LogP contribution >= 0.6 is 23.1 Å². The first-order valence-corrected chi connectivity index (χ1v) is 10.2. The molecule has 4 rings (SSSR count). The van der Waals surface area contributed by atoms with Crippen molar-refractivity contribution in [3.63, 3.8) is 0 Å². The summed E-state index contributed by atoms with van der Waals surface area (Å²) in [5.74, 6) is 0.688. The minimum atomic E-state index is -0.357. The maximum absolute atomic E-state index is 12.7. The van der Waals surface area contributed by atoms with Gasteiger partial charge in [-0.1, -0.05) is 35.2 Å². The summed E-state index contributed by atoms with van der Waals surface area (Å²) in [5.41, 5.74) is 6.83. The predicted octanol–water partition coefficient (Wildman–Crippen LogP) is 2.83. The van der Waals surface area contributed by atoms with E-state index in [1.54, 1.807) is 42.5 Å². The van der Waals surface area contributed by atoms with Crippen LogP contribution < -0.4 is 25.8 Å². The molecule has 0 aliphatic carbocycles. The van der Waals surface area contributed by atoms with Crippen LogP contribution in [0.15, 0.2) is 46.8 Å². The Morgan fingerprint density at radius 2 is 1.93 bits per heavy atom. The molecule has 2 heterocycles. The summed E-state index contributed by atoms with van der Waals surface area (Å²) in [5, 5.41) is 13.5. The van der Waals surface area contributed by atoms with Crippen molar-refractivity contribution in [2.24, 2.45) is 0 Å². The monoisotopic (exact) mass is 429 g/mol. The Bertz CT molecular complexity index is 1070. The zero-order valence-electron chi connectivity index (χ0n) is 14.9. The van der Waals surface area contributed by atoms with E-state index in [0.29, 0.717) is 37.9 Å². The number of carbonyl (C=O) groups is 2. The van der Waals surface area contributed by atoms with E-state index >= 15 is 0 Å². The van der Waals surface area contributed by atoms with Gasteiger partial charge in [-0.2, -0.15) is 0 Å². The van der Waals surface area contributed by atoms with Crippen molar-refractivity contribution in [3.05, 3.63) is 48.0 Å². The minimum absolute atomic E-state index is 0.118. The number of nitrogens with zero attached hydrogens (tertiary/aromatic N) is 2. The summed E-state index contributed by atoms with van der Waals surface area (Å²) < 4.78 is 11.2. The number of hydrogen-bond donors (Lipinski definition) is 3. The molecule has 0 spiro atoms. The summed E-state index contributed by atoms with van der Waals surface area (Å²) in [6, 6.07) is 11.9. The SMILES string of the molecule is Nc1nnc(SCC(=O)Nc2ccccc2C(=O)Nc2ccc3c(c2)OCO3)s1. The lowest BCUT2D eigenvalue weighted by molar-refractivity contribution is -0.113. The summed E-state index contributed by atoms with van der Waals surface area (Å²) in [7, 11) is 0. The first kappa shape index (κ1) is 19.0. The summed E-state index contributed by atoms with van der Waals surface area (Å²) in [6.45, 7) is 0.156. The van der Waals surface area contributed by atoms with Gasteiger partial charge in [-0.3, -0.25) is 9.59 Å². The molecule has 0 atom stereocenters.